The van der Waals surface area contributed by atoms with Gasteiger partial charge in [0, 0.05) is 13.2 Å². The van der Waals surface area contributed by atoms with Gasteiger partial charge < -0.3 is 10.0 Å². The predicted octanol–water partition coefficient (Wildman–Crippen LogP) is 0.407. The molecule has 1 fully saturated rings. The molecule has 0 bridgehead atoms. The summed E-state index contributed by atoms with van der Waals surface area (Å²) in [6.45, 7) is 2.91. The van der Waals surface area contributed by atoms with Gasteiger partial charge in [-0.05, 0) is 6.42 Å². The predicted molar refractivity (Wildman–Crippen MR) is 59.0 cm³/mol. The highest BCUT2D eigenvalue weighted by atomic mass is 16.3. The molecule has 1 aromatic rings. The summed E-state index contributed by atoms with van der Waals surface area (Å²) in [4.78, 5) is 13.6. The summed E-state index contributed by atoms with van der Waals surface area (Å²) < 4.78 is 1.60. The molecule has 1 aromatic heterocycles. The second-order valence-corrected chi connectivity index (χ2v) is 4.54. The first-order valence-corrected chi connectivity index (χ1v) is 5.54. The molecule has 0 radical (unpaired) electrons. The minimum Gasteiger partial charge on any atom is -0.386 e. The Labute approximate surface area is 94.7 Å². The first-order valence-electron chi connectivity index (χ1n) is 5.54. The van der Waals surface area contributed by atoms with Crippen LogP contribution in [0.25, 0.3) is 0 Å². The average molecular weight is 223 g/mol. The van der Waals surface area contributed by atoms with Crippen LogP contribution in [0.15, 0.2) is 12.4 Å². The van der Waals surface area contributed by atoms with E-state index in [1.807, 2.05) is 6.92 Å². The summed E-state index contributed by atoms with van der Waals surface area (Å²) in [5, 5.41) is 13.9. The second-order valence-electron chi connectivity index (χ2n) is 4.54. The highest BCUT2D eigenvalue weighted by Crippen LogP contribution is 2.26. The van der Waals surface area contributed by atoms with E-state index < -0.39 is 5.60 Å². The number of aromatic nitrogens is 2. The molecule has 0 aromatic carbocycles. The molecular weight excluding hydrogens is 206 g/mol. The number of rotatable bonds is 3. The van der Waals surface area contributed by atoms with Crippen LogP contribution in [-0.2, 0) is 7.05 Å². The van der Waals surface area contributed by atoms with Crippen LogP contribution in [0, 0.1) is 0 Å². The van der Waals surface area contributed by atoms with E-state index in [0.717, 1.165) is 12.8 Å². The molecule has 1 amide bonds. The van der Waals surface area contributed by atoms with Gasteiger partial charge in [0.1, 0.15) is 0 Å². The molecule has 1 aliphatic rings. The van der Waals surface area contributed by atoms with Crippen LogP contribution in [-0.4, -0.2) is 44.4 Å². The smallest absolute Gasteiger partial charge is 0.257 e. The summed E-state index contributed by atoms with van der Waals surface area (Å²) in [5.74, 6) is -0.0473. The van der Waals surface area contributed by atoms with Crippen molar-refractivity contribution in [3.63, 3.8) is 0 Å². The fraction of sp³-hybridized carbons (Fsp3) is 0.636. The van der Waals surface area contributed by atoms with E-state index in [0.29, 0.717) is 18.7 Å². The quantitative estimate of drug-likeness (QED) is 0.807. The SMILES string of the molecule is CCCC1(O)CN(C(=O)c2cnn(C)c2)C1. The number of β-amino-alcohol motifs (C(OH)–C–C–N with tert-alkyl or cyclic N) is 1. The summed E-state index contributed by atoms with van der Waals surface area (Å²) in [6.07, 6.45) is 4.94. The lowest BCUT2D eigenvalue weighted by Gasteiger charge is -2.46. The molecule has 2 rings (SSSR count). The molecule has 5 heteroatoms. The fourth-order valence-electron chi connectivity index (χ4n) is 2.15. The number of hydrogen-bond donors (Lipinski definition) is 1. The van der Waals surface area contributed by atoms with Crippen LogP contribution in [0.1, 0.15) is 30.1 Å². The molecule has 5 nitrogen and oxygen atoms in total. The van der Waals surface area contributed by atoms with E-state index in [1.54, 1.807) is 29.0 Å². The van der Waals surface area contributed by atoms with Gasteiger partial charge in [0.25, 0.3) is 5.91 Å². The number of amides is 1. The zero-order valence-electron chi connectivity index (χ0n) is 9.68. The van der Waals surface area contributed by atoms with Crippen molar-refractivity contribution < 1.29 is 9.90 Å². The van der Waals surface area contributed by atoms with Gasteiger partial charge in [0.2, 0.25) is 0 Å². The van der Waals surface area contributed by atoms with Crippen LogP contribution in [0.4, 0.5) is 0 Å². The molecule has 0 saturated carbocycles. The van der Waals surface area contributed by atoms with Gasteiger partial charge in [-0.15, -0.1) is 0 Å². The third-order valence-electron chi connectivity index (χ3n) is 2.92. The monoisotopic (exact) mass is 223 g/mol. The van der Waals surface area contributed by atoms with Gasteiger partial charge in [-0.1, -0.05) is 13.3 Å². The average Bonchev–Trinajstić information content (AvgIpc) is 2.60. The van der Waals surface area contributed by atoms with E-state index in [-0.39, 0.29) is 5.91 Å². The Morgan fingerprint density at radius 1 is 1.62 bits per heavy atom. The van der Waals surface area contributed by atoms with Gasteiger partial charge in [0.05, 0.1) is 30.5 Å². The van der Waals surface area contributed by atoms with Gasteiger partial charge in [-0.25, -0.2) is 0 Å². The van der Waals surface area contributed by atoms with Gasteiger partial charge in [-0.3, -0.25) is 9.48 Å². The minimum atomic E-state index is -0.660. The molecule has 1 saturated heterocycles. The Kier molecular flexibility index (Phi) is 2.71. The molecule has 0 aliphatic carbocycles. The lowest BCUT2D eigenvalue weighted by atomic mass is 9.89. The van der Waals surface area contributed by atoms with Crippen molar-refractivity contribution in [3.8, 4) is 0 Å². The molecule has 0 atom stereocenters. The maximum Gasteiger partial charge on any atom is 0.257 e. The number of hydrogen-bond acceptors (Lipinski definition) is 3. The van der Waals surface area contributed by atoms with Crippen molar-refractivity contribution in [2.24, 2.45) is 7.05 Å². The lowest BCUT2D eigenvalue weighted by Crippen LogP contribution is -2.63. The largest absolute Gasteiger partial charge is 0.386 e. The highest BCUT2D eigenvalue weighted by Gasteiger charge is 2.42. The van der Waals surface area contributed by atoms with E-state index >= 15 is 0 Å². The molecule has 2 heterocycles. The van der Waals surface area contributed by atoms with Crippen LogP contribution in [0.2, 0.25) is 0 Å². The van der Waals surface area contributed by atoms with E-state index in [4.69, 9.17) is 0 Å². The summed E-state index contributed by atoms with van der Waals surface area (Å²) in [5.41, 5.74) is -0.0758. The van der Waals surface area contributed by atoms with E-state index in [9.17, 15) is 9.90 Å². The molecule has 1 aliphatic heterocycles. The zero-order chi connectivity index (χ0) is 11.8. The Morgan fingerprint density at radius 3 is 2.81 bits per heavy atom. The number of carbonyl (C=O) groups is 1. The van der Waals surface area contributed by atoms with Crippen LogP contribution < -0.4 is 0 Å². The highest BCUT2D eigenvalue weighted by molar-refractivity contribution is 5.94. The van der Waals surface area contributed by atoms with Crippen molar-refractivity contribution in [2.45, 2.75) is 25.4 Å². The van der Waals surface area contributed by atoms with Crippen LogP contribution in [0.5, 0.6) is 0 Å². The van der Waals surface area contributed by atoms with Gasteiger partial charge in [0.15, 0.2) is 0 Å². The van der Waals surface area contributed by atoms with Crippen molar-refractivity contribution in [1.82, 2.24) is 14.7 Å². The Morgan fingerprint density at radius 2 is 2.31 bits per heavy atom. The van der Waals surface area contributed by atoms with Crippen molar-refractivity contribution in [2.75, 3.05) is 13.1 Å². The number of aryl methyl sites for hydroxylation is 1. The number of nitrogens with zero attached hydrogens (tertiary/aromatic N) is 3. The van der Waals surface area contributed by atoms with Gasteiger partial charge in [-0.2, -0.15) is 5.10 Å². The molecular formula is C11H17N3O2. The number of carbonyl (C=O) groups excluding carboxylic acids is 1. The first kappa shape index (κ1) is 11.1. The summed E-state index contributed by atoms with van der Waals surface area (Å²) in [7, 11) is 1.78. The topological polar surface area (TPSA) is 58.4 Å². The fourth-order valence-corrected chi connectivity index (χ4v) is 2.15. The lowest BCUT2D eigenvalue weighted by molar-refractivity contribution is -0.0860. The van der Waals surface area contributed by atoms with Crippen LogP contribution in [0.3, 0.4) is 0 Å². The Balaban J connectivity index is 1.95. The maximum absolute atomic E-state index is 11.9. The molecule has 0 spiro atoms. The molecule has 1 N–H and O–H groups in total. The molecule has 88 valence electrons. The van der Waals surface area contributed by atoms with Crippen molar-refractivity contribution >= 4 is 5.91 Å². The normalized spacial score (nSPS) is 18.3. The maximum atomic E-state index is 11.9. The Hall–Kier alpha value is -1.36. The number of likely N-dealkylation sites (tertiary alicyclic amines) is 1. The van der Waals surface area contributed by atoms with Crippen molar-refractivity contribution in [1.29, 1.82) is 0 Å². The molecule has 0 unspecified atom stereocenters. The van der Waals surface area contributed by atoms with Crippen molar-refractivity contribution in [3.05, 3.63) is 18.0 Å². The van der Waals surface area contributed by atoms with E-state index in [2.05, 4.69) is 5.10 Å². The Bertz CT molecular complexity index is 394. The standard InChI is InChI=1S/C11H17N3O2/c1-3-4-11(16)7-14(8-11)10(15)9-5-12-13(2)6-9/h5-6,16H,3-4,7-8H2,1-2H3. The summed E-state index contributed by atoms with van der Waals surface area (Å²) >= 11 is 0. The third-order valence-corrected chi connectivity index (χ3v) is 2.92. The first-order chi connectivity index (χ1) is 7.54. The second kappa shape index (κ2) is 3.90. The third kappa shape index (κ3) is 1.95. The minimum absolute atomic E-state index is 0.0473. The summed E-state index contributed by atoms with van der Waals surface area (Å²) in [6, 6.07) is 0. The van der Waals surface area contributed by atoms with E-state index in [1.165, 1.54) is 0 Å². The zero-order valence-corrected chi connectivity index (χ0v) is 9.68. The van der Waals surface area contributed by atoms with Gasteiger partial charge >= 0.3 is 0 Å². The number of aliphatic hydroxyl groups is 1. The molecule has 16 heavy (non-hydrogen) atoms. The van der Waals surface area contributed by atoms with Crippen LogP contribution >= 0.6 is 0 Å².